The zero-order chi connectivity index (χ0) is 17.9. The van der Waals surface area contributed by atoms with E-state index in [-0.39, 0.29) is 24.6 Å². The minimum absolute atomic E-state index is 0. The normalized spacial score (nSPS) is 19.8. The zero-order valence-corrected chi connectivity index (χ0v) is 15.9. The van der Waals surface area contributed by atoms with Gasteiger partial charge in [0.05, 0.1) is 0 Å². The lowest BCUT2D eigenvalue weighted by Gasteiger charge is -2.31. The molecule has 5 heteroatoms. The number of carbonyl (C=O) groups excluding carboxylic acids is 1. The van der Waals surface area contributed by atoms with Gasteiger partial charge in [0.1, 0.15) is 6.10 Å². The molecule has 1 aliphatic rings. The van der Waals surface area contributed by atoms with Crippen molar-refractivity contribution in [3.8, 4) is 0 Å². The number of rotatable bonds is 5. The Balaban J connectivity index is 0.00000243. The maximum absolute atomic E-state index is 13.1. The summed E-state index contributed by atoms with van der Waals surface area (Å²) in [4.78, 5) is 15.2. The van der Waals surface area contributed by atoms with Gasteiger partial charge in [-0.3, -0.25) is 0 Å². The van der Waals surface area contributed by atoms with Gasteiger partial charge in [-0.25, -0.2) is 4.79 Å². The van der Waals surface area contributed by atoms with Gasteiger partial charge in [-0.1, -0.05) is 60.7 Å². The van der Waals surface area contributed by atoms with Gasteiger partial charge in [0, 0.05) is 6.04 Å². The van der Waals surface area contributed by atoms with E-state index in [0.29, 0.717) is 11.1 Å². The van der Waals surface area contributed by atoms with Gasteiger partial charge in [0.25, 0.3) is 0 Å². The molecule has 140 valence electrons. The molecule has 1 saturated carbocycles. The van der Waals surface area contributed by atoms with E-state index >= 15 is 0 Å². The lowest BCUT2D eigenvalue weighted by molar-refractivity contribution is -0.169. The van der Waals surface area contributed by atoms with Crippen LogP contribution in [0.4, 0.5) is 0 Å². The lowest BCUT2D eigenvalue weighted by atomic mass is 9.86. The molecule has 0 spiro atoms. The smallest absolute Gasteiger partial charge is 0.348 e. The lowest BCUT2D eigenvalue weighted by Crippen LogP contribution is -3.00. The first-order valence-corrected chi connectivity index (χ1v) is 8.74. The Morgan fingerprint density at radius 1 is 1.00 bits per heavy atom. The van der Waals surface area contributed by atoms with E-state index in [0.717, 1.165) is 19.3 Å². The number of hydrogen-bond acceptors (Lipinski definition) is 4. The SMILES string of the molecule is CN(C)C1CCCC1OC(=O)C(O)(c1ccccc1)c1ccccc1.[Cl-]. The van der Waals surface area contributed by atoms with Gasteiger partial charge in [0.2, 0.25) is 5.60 Å². The highest BCUT2D eigenvalue weighted by Crippen LogP contribution is 2.34. The van der Waals surface area contributed by atoms with Crippen LogP contribution in [0, 0.1) is 0 Å². The minimum Gasteiger partial charge on any atom is -1.00 e. The van der Waals surface area contributed by atoms with Crippen LogP contribution in [0.3, 0.4) is 0 Å². The van der Waals surface area contributed by atoms with Crippen LogP contribution in [0.1, 0.15) is 30.4 Å². The van der Waals surface area contributed by atoms with E-state index in [1.54, 1.807) is 24.3 Å². The van der Waals surface area contributed by atoms with Gasteiger partial charge >= 0.3 is 5.97 Å². The molecule has 0 heterocycles. The van der Waals surface area contributed by atoms with E-state index in [1.807, 2.05) is 50.5 Å². The summed E-state index contributed by atoms with van der Waals surface area (Å²) in [5.74, 6) is -0.608. The van der Waals surface area contributed by atoms with E-state index in [9.17, 15) is 9.90 Å². The predicted molar refractivity (Wildman–Crippen MR) is 97.1 cm³/mol. The summed E-state index contributed by atoms with van der Waals surface area (Å²) in [5, 5.41) is 11.4. The quantitative estimate of drug-likeness (QED) is 0.746. The van der Waals surface area contributed by atoms with Crippen molar-refractivity contribution in [1.82, 2.24) is 4.90 Å². The van der Waals surface area contributed by atoms with E-state index < -0.39 is 11.6 Å². The molecule has 0 amide bonds. The van der Waals surface area contributed by atoms with Crippen molar-refractivity contribution in [1.29, 1.82) is 0 Å². The van der Waals surface area contributed by atoms with Crippen molar-refractivity contribution in [2.75, 3.05) is 14.1 Å². The highest BCUT2D eigenvalue weighted by molar-refractivity contribution is 5.85. The third kappa shape index (κ3) is 3.93. The average molecular weight is 375 g/mol. The highest BCUT2D eigenvalue weighted by atomic mass is 35.5. The van der Waals surface area contributed by atoms with Crippen molar-refractivity contribution < 1.29 is 27.0 Å². The molecule has 2 atom stereocenters. The second-order valence-electron chi connectivity index (χ2n) is 6.85. The fourth-order valence-corrected chi connectivity index (χ4v) is 3.62. The van der Waals surface area contributed by atoms with Crippen LogP contribution < -0.4 is 12.4 Å². The summed E-state index contributed by atoms with van der Waals surface area (Å²) < 4.78 is 5.83. The molecule has 0 saturated heterocycles. The Labute approximate surface area is 161 Å². The minimum atomic E-state index is -1.80. The summed E-state index contributed by atoms with van der Waals surface area (Å²) in [6, 6.07) is 18.2. The molecule has 2 unspecified atom stereocenters. The molecule has 0 radical (unpaired) electrons. The molecular weight excluding hydrogens is 350 g/mol. The van der Waals surface area contributed by atoms with Crippen LogP contribution in [-0.2, 0) is 15.1 Å². The fourth-order valence-electron chi connectivity index (χ4n) is 3.62. The number of benzene rings is 2. The van der Waals surface area contributed by atoms with Gasteiger partial charge in [-0.15, -0.1) is 0 Å². The third-order valence-electron chi connectivity index (χ3n) is 5.02. The van der Waals surface area contributed by atoms with Gasteiger partial charge in [-0.2, -0.15) is 0 Å². The molecule has 2 aromatic rings. The Kier molecular flexibility index (Phi) is 6.81. The fraction of sp³-hybridized carbons (Fsp3) is 0.381. The van der Waals surface area contributed by atoms with Crippen molar-refractivity contribution in [3.05, 3.63) is 71.8 Å². The topological polar surface area (TPSA) is 49.8 Å². The molecule has 1 fully saturated rings. The molecule has 2 aromatic carbocycles. The van der Waals surface area contributed by atoms with Crippen LogP contribution in [0.2, 0.25) is 0 Å². The van der Waals surface area contributed by atoms with Crippen molar-refractivity contribution >= 4 is 5.97 Å². The molecule has 0 bridgehead atoms. The molecule has 1 aliphatic carbocycles. The number of carbonyl (C=O) groups is 1. The second kappa shape index (κ2) is 8.67. The third-order valence-corrected chi connectivity index (χ3v) is 5.02. The molecule has 4 nitrogen and oxygen atoms in total. The Bertz CT molecular complexity index is 666. The van der Waals surface area contributed by atoms with Gasteiger partial charge in [-0.05, 0) is 44.5 Å². The van der Waals surface area contributed by atoms with Crippen molar-refractivity contribution in [3.63, 3.8) is 0 Å². The van der Waals surface area contributed by atoms with Crippen molar-refractivity contribution in [2.45, 2.75) is 37.0 Å². The summed E-state index contributed by atoms with van der Waals surface area (Å²) >= 11 is 0. The van der Waals surface area contributed by atoms with Crippen molar-refractivity contribution in [2.24, 2.45) is 0 Å². The zero-order valence-electron chi connectivity index (χ0n) is 15.1. The second-order valence-corrected chi connectivity index (χ2v) is 6.85. The first-order chi connectivity index (χ1) is 12.0. The standard InChI is InChI=1S/C21H25NO3.ClH/c1-22(2)18-14-9-15-19(18)25-20(23)21(24,16-10-5-3-6-11-16)17-12-7-4-8-13-17;/h3-8,10-13,18-19,24H,9,14-15H2,1-2H3;1H/p-1. The Hall–Kier alpha value is -1.88. The Morgan fingerprint density at radius 3 is 1.96 bits per heavy atom. The van der Waals surface area contributed by atoms with E-state index in [4.69, 9.17) is 4.74 Å². The van der Waals surface area contributed by atoms with Gasteiger partial charge in [0.15, 0.2) is 0 Å². The maximum Gasteiger partial charge on any atom is 0.348 e. The largest absolute Gasteiger partial charge is 1.00 e. The van der Waals surface area contributed by atoms with Crippen LogP contribution in [0.15, 0.2) is 60.7 Å². The van der Waals surface area contributed by atoms with E-state index in [1.165, 1.54) is 0 Å². The first-order valence-electron chi connectivity index (χ1n) is 8.74. The van der Waals surface area contributed by atoms with Crippen LogP contribution in [0.5, 0.6) is 0 Å². The maximum atomic E-state index is 13.1. The number of hydrogen-bond donors (Lipinski definition) is 1. The predicted octanol–water partition coefficient (Wildman–Crippen LogP) is -0.0476. The molecule has 1 N–H and O–H groups in total. The molecule has 0 aliphatic heterocycles. The molecule has 3 rings (SSSR count). The Morgan fingerprint density at radius 2 is 1.50 bits per heavy atom. The first kappa shape index (κ1) is 20.4. The number of likely N-dealkylation sites (N-methyl/N-ethyl adjacent to an activating group) is 1. The highest BCUT2D eigenvalue weighted by Gasteiger charge is 2.44. The van der Waals surface area contributed by atoms with Crippen LogP contribution in [0.25, 0.3) is 0 Å². The molecular formula is C21H25ClNO3-. The number of aliphatic hydroxyl groups is 1. The van der Waals surface area contributed by atoms with Crippen LogP contribution >= 0.6 is 0 Å². The van der Waals surface area contributed by atoms with E-state index in [2.05, 4.69) is 4.90 Å². The summed E-state index contributed by atoms with van der Waals surface area (Å²) in [6.07, 6.45) is 2.66. The number of esters is 1. The number of nitrogens with zero attached hydrogens (tertiary/aromatic N) is 1. The monoisotopic (exact) mass is 374 g/mol. The van der Waals surface area contributed by atoms with Gasteiger partial charge < -0.3 is 27.2 Å². The number of halogens is 1. The summed E-state index contributed by atoms with van der Waals surface area (Å²) in [5.41, 5.74) is -0.765. The molecule has 26 heavy (non-hydrogen) atoms. The number of ether oxygens (including phenoxy) is 1. The molecule has 0 aromatic heterocycles. The summed E-state index contributed by atoms with van der Waals surface area (Å²) in [7, 11) is 3.99. The average Bonchev–Trinajstić information content (AvgIpc) is 3.11. The summed E-state index contributed by atoms with van der Waals surface area (Å²) in [6.45, 7) is 0. The van der Waals surface area contributed by atoms with Crippen LogP contribution in [-0.4, -0.2) is 42.2 Å².